The fourth-order valence-electron chi connectivity index (χ4n) is 2.26. The van der Waals surface area contributed by atoms with Crippen molar-refractivity contribution in [1.29, 1.82) is 0 Å². The minimum absolute atomic E-state index is 0.0128. The van der Waals surface area contributed by atoms with Crippen molar-refractivity contribution in [3.05, 3.63) is 91.7 Å². The van der Waals surface area contributed by atoms with E-state index < -0.39 is 15.8 Å². The summed E-state index contributed by atoms with van der Waals surface area (Å²) in [6, 6.07) is 11.6. The molecule has 3 rings (SSSR count). The minimum Gasteiger partial charge on any atom is -0.403 e. The molecule has 0 atom stereocenters. The monoisotopic (exact) mass is 365 g/mol. The molecule has 1 heterocycles. The molecule has 27 heavy (non-hydrogen) atoms. The molecule has 0 saturated heterocycles. The maximum absolute atomic E-state index is 11.9. The largest absolute Gasteiger partial charge is 0.403 e. The van der Waals surface area contributed by atoms with Crippen molar-refractivity contribution in [2.24, 2.45) is 4.99 Å². The van der Waals surface area contributed by atoms with Crippen molar-refractivity contribution in [3.63, 3.8) is 0 Å². The second-order valence-electron chi connectivity index (χ2n) is 5.40. The van der Waals surface area contributed by atoms with E-state index in [9.17, 15) is 25.0 Å². The van der Waals surface area contributed by atoms with Crippen LogP contribution in [0.2, 0.25) is 0 Å². The molecule has 2 aromatic carbocycles. The summed E-state index contributed by atoms with van der Waals surface area (Å²) >= 11 is 0. The van der Waals surface area contributed by atoms with Gasteiger partial charge in [0, 0.05) is 30.3 Å². The van der Waals surface area contributed by atoms with Crippen LogP contribution in [0, 0.1) is 20.2 Å². The molecule has 0 radical (unpaired) electrons. The summed E-state index contributed by atoms with van der Waals surface area (Å²) in [7, 11) is 0. The third-order valence-corrected chi connectivity index (χ3v) is 3.54. The molecule has 0 N–H and O–H groups in total. The van der Waals surface area contributed by atoms with Gasteiger partial charge in [0.2, 0.25) is 5.90 Å². The van der Waals surface area contributed by atoms with Gasteiger partial charge in [0.15, 0.2) is 5.70 Å². The van der Waals surface area contributed by atoms with Crippen LogP contribution in [0.4, 0.5) is 11.4 Å². The lowest BCUT2D eigenvalue weighted by atomic mass is 10.1. The Morgan fingerprint density at radius 1 is 0.889 bits per heavy atom. The van der Waals surface area contributed by atoms with E-state index in [1.807, 2.05) is 0 Å². The fourth-order valence-corrected chi connectivity index (χ4v) is 2.26. The number of nitro groups is 2. The molecule has 134 valence electrons. The third kappa shape index (κ3) is 4.28. The van der Waals surface area contributed by atoms with E-state index in [0.29, 0.717) is 11.1 Å². The van der Waals surface area contributed by atoms with Gasteiger partial charge in [-0.1, -0.05) is 12.1 Å². The number of ether oxygens (including phenoxy) is 1. The molecule has 0 unspecified atom stereocenters. The van der Waals surface area contributed by atoms with Gasteiger partial charge < -0.3 is 4.74 Å². The summed E-state index contributed by atoms with van der Waals surface area (Å²) in [6.07, 6.45) is 4.43. The number of non-ortho nitro benzene ring substituents is 2. The Kier molecular flexibility index (Phi) is 4.84. The number of aliphatic imine (C=N–C) groups is 1. The quantitative estimate of drug-likeness (QED) is 0.345. The number of carbonyl (C=O) groups is 1. The SMILES string of the molecule is O=C1OC(C=Cc2ccc([N+](=O)[O-])cc2)=NC1=Cc1cccc([N+](=O)[O-])c1. The van der Waals surface area contributed by atoms with Crippen LogP contribution < -0.4 is 0 Å². The molecule has 1 aliphatic heterocycles. The van der Waals surface area contributed by atoms with Crippen molar-refractivity contribution < 1.29 is 19.4 Å². The minimum atomic E-state index is -0.676. The average Bonchev–Trinajstić information content (AvgIpc) is 3.00. The van der Waals surface area contributed by atoms with Crippen LogP contribution in [0.3, 0.4) is 0 Å². The topological polar surface area (TPSA) is 125 Å². The Balaban J connectivity index is 1.78. The number of cyclic esters (lactones) is 1. The average molecular weight is 365 g/mol. The Morgan fingerprint density at radius 3 is 2.26 bits per heavy atom. The van der Waals surface area contributed by atoms with E-state index >= 15 is 0 Å². The standard InChI is InChI=1S/C18H11N3O6/c22-18-16(11-13-2-1-3-15(10-13)21(25)26)19-17(27-18)9-6-12-4-7-14(8-5-12)20(23)24/h1-11H. The van der Waals surface area contributed by atoms with E-state index in [0.717, 1.165) is 0 Å². The Hall–Kier alpha value is -4.14. The molecule has 0 amide bonds. The van der Waals surface area contributed by atoms with Gasteiger partial charge in [-0.15, -0.1) is 0 Å². The first kappa shape index (κ1) is 17.7. The lowest BCUT2D eigenvalue weighted by Crippen LogP contribution is -2.01. The summed E-state index contributed by atoms with van der Waals surface area (Å²) < 4.78 is 5.02. The second kappa shape index (κ2) is 7.40. The molecule has 1 aliphatic rings. The summed E-state index contributed by atoms with van der Waals surface area (Å²) in [5.41, 5.74) is 0.992. The van der Waals surface area contributed by atoms with Gasteiger partial charge in [0.05, 0.1) is 9.85 Å². The summed E-state index contributed by atoms with van der Waals surface area (Å²) in [4.78, 5) is 36.3. The van der Waals surface area contributed by atoms with Gasteiger partial charge in [-0.2, -0.15) is 0 Å². The highest BCUT2D eigenvalue weighted by Crippen LogP contribution is 2.20. The van der Waals surface area contributed by atoms with Crippen LogP contribution in [-0.2, 0) is 9.53 Å². The van der Waals surface area contributed by atoms with Crippen molar-refractivity contribution in [2.75, 3.05) is 0 Å². The molecule has 0 aromatic heterocycles. The number of hydrogen-bond acceptors (Lipinski definition) is 7. The van der Waals surface area contributed by atoms with E-state index in [4.69, 9.17) is 4.74 Å². The van der Waals surface area contributed by atoms with Gasteiger partial charge in [-0.05, 0) is 35.4 Å². The van der Waals surface area contributed by atoms with E-state index in [2.05, 4.69) is 4.99 Å². The smallest absolute Gasteiger partial charge is 0.363 e. The normalized spacial score (nSPS) is 15.0. The molecule has 0 bridgehead atoms. The first-order chi connectivity index (χ1) is 12.9. The van der Waals surface area contributed by atoms with E-state index in [1.54, 1.807) is 24.3 Å². The molecular formula is C18H11N3O6. The zero-order valence-corrected chi connectivity index (χ0v) is 13.6. The highest BCUT2D eigenvalue weighted by molar-refractivity contribution is 6.11. The Morgan fingerprint density at radius 2 is 1.59 bits per heavy atom. The van der Waals surface area contributed by atoms with Crippen molar-refractivity contribution >= 4 is 35.4 Å². The van der Waals surface area contributed by atoms with Gasteiger partial charge in [-0.3, -0.25) is 20.2 Å². The van der Waals surface area contributed by atoms with Crippen molar-refractivity contribution in [2.45, 2.75) is 0 Å². The number of carbonyl (C=O) groups excluding carboxylic acids is 1. The molecule has 2 aromatic rings. The molecule has 0 aliphatic carbocycles. The number of nitrogens with zero attached hydrogens (tertiary/aromatic N) is 3. The molecule has 0 saturated carbocycles. The zero-order valence-electron chi connectivity index (χ0n) is 13.6. The lowest BCUT2D eigenvalue weighted by Gasteiger charge is -1.95. The first-order valence-electron chi connectivity index (χ1n) is 7.62. The van der Waals surface area contributed by atoms with Crippen LogP contribution in [0.1, 0.15) is 11.1 Å². The van der Waals surface area contributed by atoms with Gasteiger partial charge in [-0.25, -0.2) is 9.79 Å². The molecule has 0 fully saturated rings. The van der Waals surface area contributed by atoms with Gasteiger partial charge >= 0.3 is 5.97 Å². The van der Waals surface area contributed by atoms with Gasteiger partial charge in [0.25, 0.3) is 11.4 Å². The van der Waals surface area contributed by atoms with Crippen LogP contribution in [0.15, 0.2) is 65.3 Å². The summed E-state index contributed by atoms with van der Waals surface area (Å²) in [6.45, 7) is 0. The van der Waals surface area contributed by atoms with E-state index in [1.165, 1.54) is 42.5 Å². The first-order valence-corrected chi connectivity index (χ1v) is 7.62. The Labute approximate surface area is 152 Å². The zero-order chi connectivity index (χ0) is 19.4. The van der Waals surface area contributed by atoms with Crippen LogP contribution in [0.5, 0.6) is 0 Å². The lowest BCUT2D eigenvalue weighted by molar-refractivity contribution is -0.385. The highest BCUT2D eigenvalue weighted by atomic mass is 16.6. The molecule has 9 nitrogen and oxygen atoms in total. The van der Waals surface area contributed by atoms with Crippen molar-refractivity contribution in [3.8, 4) is 0 Å². The van der Waals surface area contributed by atoms with Crippen LogP contribution >= 0.6 is 0 Å². The third-order valence-electron chi connectivity index (χ3n) is 3.54. The van der Waals surface area contributed by atoms with E-state index in [-0.39, 0.29) is 23.0 Å². The number of benzene rings is 2. The summed E-state index contributed by atoms with van der Waals surface area (Å²) in [5.74, 6) is -0.625. The van der Waals surface area contributed by atoms with Crippen LogP contribution in [-0.4, -0.2) is 21.7 Å². The Bertz CT molecular complexity index is 1020. The van der Waals surface area contributed by atoms with Gasteiger partial charge in [0.1, 0.15) is 0 Å². The fraction of sp³-hybridized carbons (Fsp3) is 0. The predicted octanol–water partition coefficient (Wildman–Crippen LogP) is 3.51. The maximum Gasteiger partial charge on any atom is 0.363 e. The number of nitro benzene ring substituents is 2. The molecule has 9 heteroatoms. The maximum atomic E-state index is 11.9. The predicted molar refractivity (Wildman–Crippen MR) is 96.7 cm³/mol. The van der Waals surface area contributed by atoms with Crippen LogP contribution in [0.25, 0.3) is 12.2 Å². The number of rotatable bonds is 5. The number of hydrogen-bond donors (Lipinski definition) is 0. The second-order valence-corrected chi connectivity index (χ2v) is 5.40. The van der Waals surface area contributed by atoms with Crippen molar-refractivity contribution in [1.82, 2.24) is 0 Å². The molecular weight excluding hydrogens is 354 g/mol. The molecule has 0 spiro atoms. The summed E-state index contributed by atoms with van der Waals surface area (Å²) in [5, 5.41) is 21.4. The highest BCUT2D eigenvalue weighted by Gasteiger charge is 2.21. The number of esters is 1.